The van der Waals surface area contributed by atoms with Crippen LogP contribution in [0.2, 0.25) is 0 Å². The molecule has 108 valence electrons. The van der Waals surface area contributed by atoms with Crippen LogP contribution < -0.4 is 4.74 Å². The summed E-state index contributed by atoms with van der Waals surface area (Å²) in [7, 11) is 0. The van der Waals surface area contributed by atoms with Crippen LogP contribution in [0.5, 0.6) is 5.75 Å². The van der Waals surface area contributed by atoms with Gasteiger partial charge in [-0.15, -0.1) is 0 Å². The lowest BCUT2D eigenvalue weighted by Gasteiger charge is -2.10. The zero-order chi connectivity index (χ0) is 14.7. The lowest BCUT2D eigenvalue weighted by molar-refractivity contribution is -0.127. The van der Waals surface area contributed by atoms with Gasteiger partial charge in [0.25, 0.3) is 0 Å². The summed E-state index contributed by atoms with van der Waals surface area (Å²) in [5, 5.41) is 10.1. The van der Waals surface area contributed by atoms with Crippen LogP contribution in [0.15, 0.2) is 48.5 Å². The summed E-state index contributed by atoms with van der Waals surface area (Å²) in [5.41, 5.74) is 2.99. The molecule has 1 atom stereocenters. The number of Topliss-reactive ketones (excluding diaryl/α,β-unsaturated/α-hetero) is 1. The largest absolute Gasteiger partial charge is 0.493 e. The van der Waals surface area contributed by atoms with E-state index >= 15 is 0 Å². The van der Waals surface area contributed by atoms with Gasteiger partial charge in [-0.05, 0) is 29.2 Å². The van der Waals surface area contributed by atoms with Crippen LogP contribution in [-0.4, -0.2) is 17.5 Å². The van der Waals surface area contributed by atoms with E-state index in [1.807, 2.05) is 30.3 Å². The van der Waals surface area contributed by atoms with Crippen LogP contribution in [0.25, 0.3) is 0 Å². The first-order valence-corrected chi connectivity index (χ1v) is 7.24. The zero-order valence-corrected chi connectivity index (χ0v) is 11.8. The highest BCUT2D eigenvalue weighted by atomic mass is 16.5. The third kappa shape index (κ3) is 3.14. The van der Waals surface area contributed by atoms with Crippen molar-refractivity contribution in [1.82, 2.24) is 0 Å². The number of fused-ring (bicyclic) bond motifs is 1. The quantitative estimate of drug-likeness (QED) is 0.917. The van der Waals surface area contributed by atoms with Crippen molar-refractivity contribution in [2.45, 2.75) is 25.4 Å². The maximum Gasteiger partial charge on any atom is 0.166 e. The Morgan fingerprint density at radius 3 is 2.81 bits per heavy atom. The number of benzene rings is 2. The summed E-state index contributed by atoms with van der Waals surface area (Å²) < 4.78 is 5.47. The summed E-state index contributed by atoms with van der Waals surface area (Å²) in [4.78, 5) is 12.1. The number of aryl methyl sites for hydroxylation is 1. The molecule has 1 aliphatic rings. The number of carbonyl (C=O) groups excluding carboxylic acids is 1. The van der Waals surface area contributed by atoms with E-state index in [4.69, 9.17) is 4.74 Å². The van der Waals surface area contributed by atoms with Crippen LogP contribution in [0, 0.1) is 0 Å². The molecule has 0 bridgehead atoms. The van der Waals surface area contributed by atoms with Crippen molar-refractivity contribution in [3.63, 3.8) is 0 Å². The Bertz CT molecular complexity index is 634. The van der Waals surface area contributed by atoms with Crippen molar-refractivity contribution in [2.75, 3.05) is 6.61 Å². The van der Waals surface area contributed by atoms with E-state index in [2.05, 4.69) is 6.07 Å². The molecule has 0 aliphatic carbocycles. The molecular weight excluding hydrogens is 264 g/mol. The summed E-state index contributed by atoms with van der Waals surface area (Å²) in [6.07, 6.45) is 0.902. The molecule has 0 fully saturated rings. The predicted octanol–water partition coefficient (Wildman–Crippen LogP) is 2.86. The number of rotatable bonds is 5. The number of aliphatic hydroxyl groups excluding tert-OH is 1. The third-order valence-electron chi connectivity index (χ3n) is 3.83. The molecule has 0 amide bonds. The van der Waals surface area contributed by atoms with Gasteiger partial charge in [-0.1, -0.05) is 42.5 Å². The number of ketones is 1. The van der Waals surface area contributed by atoms with Gasteiger partial charge >= 0.3 is 0 Å². The Kier molecular flexibility index (Phi) is 4.02. The van der Waals surface area contributed by atoms with Crippen LogP contribution in [-0.2, 0) is 17.6 Å². The fraction of sp³-hybridized carbons (Fsp3) is 0.278. The molecule has 0 saturated heterocycles. The number of aliphatic hydroxyl groups is 1. The second kappa shape index (κ2) is 6.10. The Morgan fingerprint density at radius 2 is 2.00 bits per heavy atom. The molecule has 0 aromatic heterocycles. The van der Waals surface area contributed by atoms with Crippen LogP contribution in [0.3, 0.4) is 0 Å². The van der Waals surface area contributed by atoms with Crippen molar-refractivity contribution < 1.29 is 14.6 Å². The number of hydrogen-bond donors (Lipinski definition) is 1. The first-order chi connectivity index (χ1) is 10.2. The smallest absolute Gasteiger partial charge is 0.166 e. The van der Waals surface area contributed by atoms with E-state index < -0.39 is 6.10 Å². The van der Waals surface area contributed by atoms with Gasteiger partial charge < -0.3 is 9.84 Å². The maximum absolute atomic E-state index is 12.1. The molecular formula is C18H18O3. The molecule has 1 aliphatic heterocycles. The van der Waals surface area contributed by atoms with E-state index in [1.165, 1.54) is 5.56 Å². The summed E-state index contributed by atoms with van der Waals surface area (Å²) >= 11 is 0. The van der Waals surface area contributed by atoms with Crippen molar-refractivity contribution in [3.8, 4) is 5.75 Å². The lowest BCUT2D eigenvalue weighted by Crippen LogP contribution is -2.12. The minimum absolute atomic E-state index is 0.141. The second-order valence-corrected chi connectivity index (χ2v) is 5.32. The topological polar surface area (TPSA) is 46.5 Å². The molecule has 21 heavy (non-hydrogen) atoms. The Morgan fingerprint density at radius 1 is 1.19 bits per heavy atom. The SMILES string of the molecule is O=C(CCc1ccc2c(c1)CCO2)C(O)c1ccccc1. The molecule has 3 nitrogen and oxygen atoms in total. The highest BCUT2D eigenvalue weighted by molar-refractivity contribution is 5.84. The van der Waals surface area contributed by atoms with Crippen molar-refractivity contribution >= 4 is 5.78 Å². The summed E-state index contributed by atoms with van der Waals surface area (Å²) in [6.45, 7) is 0.741. The van der Waals surface area contributed by atoms with Crippen LogP contribution in [0.1, 0.15) is 29.2 Å². The van der Waals surface area contributed by atoms with Gasteiger partial charge in [0.15, 0.2) is 5.78 Å². The molecule has 2 aromatic rings. The van der Waals surface area contributed by atoms with Crippen molar-refractivity contribution in [1.29, 1.82) is 0 Å². The molecule has 0 radical (unpaired) electrons. The van der Waals surface area contributed by atoms with Gasteiger partial charge in [0.05, 0.1) is 6.61 Å². The first-order valence-electron chi connectivity index (χ1n) is 7.24. The summed E-state index contributed by atoms with van der Waals surface area (Å²) in [5.74, 6) is 0.812. The lowest BCUT2D eigenvalue weighted by atomic mass is 9.99. The predicted molar refractivity (Wildman–Crippen MR) is 80.4 cm³/mol. The van der Waals surface area contributed by atoms with E-state index in [0.717, 1.165) is 24.3 Å². The Hall–Kier alpha value is -2.13. The normalized spacial score (nSPS) is 14.3. The Balaban J connectivity index is 1.61. The van der Waals surface area contributed by atoms with Gasteiger partial charge in [0, 0.05) is 12.8 Å². The van der Waals surface area contributed by atoms with Crippen LogP contribution >= 0.6 is 0 Å². The fourth-order valence-corrected chi connectivity index (χ4v) is 2.62. The second-order valence-electron chi connectivity index (χ2n) is 5.32. The molecule has 1 heterocycles. The summed E-state index contributed by atoms with van der Waals surface area (Å²) in [6, 6.07) is 15.1. The van der Waals surface area contributed by atoms with Crippen molar-refractivity contribution in [3.05, 3.63) is 65.2 Å². The van der Waals surface area contributed by atoms with E-state index in [-0.39, 0.29) is 5.78 Å². The minimum Gasteiger partial charge on any atom is -0.493 e. The molecule has 0 saturated carbocycles. The van der Waals surface area contributed by atoms with Gasteiger partial charge in [-0.3, -0.25) is 4.79 Å². The Labute approximate surface area is 124 Å². The average molecular weight is 282 g/mol. The number of ether oxygens (including phenoxy) is 1. The highest BCUT2D eigenvalue weighted by Gasteiger charge is 2.17. The van der Waals surface area contributed by atoms with Gasteiger partial charge in [-0.25, -0.2) is 0 Å². The van der Waals surface area contributed by atoms with E-state index in [1.54, 1.807) is 12.1 Å². The van der Waals surface area contributed by atoms with Gasteiger partial charge in [0.2, 0.25) is 0 Å². The van der Waals surface area contributed by atoms with Gasteiger partial charge in [0.1, 0.15) is 11.9 Å². The van der Waals surface area contributed by atoms with E-state index in [9.17, 15) is 9.90 Å². The van der Waals surface area contributed by atoms with E-state index in [0.29, 0.717) is 18.4 Å². The average Bonchev–Trinajstić information content (AvgIpc) is 3.00. The zero-order valence-electron chi connectivity index (χ0n) is 11.8. The monoisotopic (exact) mass is 282 g/mol. The standard InChI is InChI=1S/C18H18O3/c19-16(18(20)14-4-2-1-3-5-14)8-6-13-7-9-17-15(12-13)10-11-21-17/h1-5,7,9,12,18,20H,6,8,10-11H2. The third-order valence-corrected chi connectivity index (χ3v) is 3.83. The van der Waals surface area contributed by atoms with Crippen molar-refractivity contribution in [2.24, 2.45) is 0 Å². The van der Waals surface area contributed by atoms with Gasteiger partial charge in [-0.2, -0.15) is 0 Å². The van der Waals surface area contributed by atoms with Crippen LogP contribution in [0.4, 0.5) is 0 Å². The molecule has 0 spiro atoms. The molecule has 2 aromatic carbocycles. The number of hydrogen-bond acceptors (Lipinski definition) is 3. The number of carbonyl (C=O) groups is 1. The minimum atomic E-state index is -1.02. The first kappa shape index (κ1) is 13.8. The molecule has 1 N–H and O–H groups in total. The maximum atomic E-state index is 12.1. The molecule has 3 rings (SSSR count). The molecule has 1 unspecified atom stereocenters. The molecule has 3 heteroatoms. The highest BCUT2D eigenvalue weighted by Crippen LogP contribution is 2.26. The fourth-order valence-electron chi connectivity index (χ4n) is 2.62.